The Morgan fingerprint density at radius 2 is 1.86 bits per heavy atom. The molecule has 0 aliphatic heterocycles. The second kappa shape index (κ2) is 14.6. The van der Waals surface area contributed by atoms with E-state index >= 15 is 0 Å². The summed E-state index contributed by atoms with van der Waals surface area (Å²) in [6.45, 7) is 9.58. The summed E-state index contributed by atoms with van der Waals surface area (Å²) in [6, 6.07) is 11.5. The Labute approximate surface area is 251 Å². The first-order chi connectivity index (χ1) is 20.6. The fourth-order valence-electron chi connectivity index (χ4n) is 5.02. The predicted molar refractivity (Wildman–Crippen MR) is 168 cm³/mol. The van der Waals surface area contributed by atoms with Gasteiger partial charge in [0, 0.05) is 38.1 Å². The molecule has 12 heteroatoms. The second-order valence-corrected chi connectivity index (χ2v) is 11.7. The molecule has 0 aliphatic rings. The summed E-state index contributed by atoms with van der Waals surface area (Å²) in [7, 11) is -4.65. The van der Waals surface area contributed by atoms with E-state index in [1.54, 1.807) is 19.1 Å². The van der Waals surface area contributed by atoms with Gasteiger partial charge in [0.1, 0.15) is 17.1 Å². The Hall–Kier alpha value is -3.76. The minimum atomic E-state index is -4.65. The number of amides is 1. The number of carbonyl (C=O) groups is 1. The van der Waals surface area contributed by atoms with Crippen LogP contribution >= 0.6 is 7.82 Å². The average Bonchev–Trinajstić information content (AvgIpc) is 3.32. The third kappa shape index (κ3) is 8.64. The molecule has 0 bridgehead atoms. The molecule has 0 saturated carbocycles. The van der Waals surface area contributed by atoms with Crippen molar-refractivity contribution in [2.45, 2.75) is 58.9 Å². The van der Waals surface area contributed by atoms with E-state index in [0.29, 0.717) is 43.2 Å². The molecule has 0 spiro atoms. The highest BCUT2D eigenvalue weighted by Crippen LogP contribution is 2.39. The van der Waals surface area contributed by atoms with Crippen molar-refractivity contribution in [1.82, 2.24) is 19.9 Å². The van der Waals surface area contributed by atoms with Gasteiger partial charge in [0.2, 0.25) is 5.91 Å². The maximum Gasteiger partial charge on any atom is 0.524 e. The number of fused-ring (bicyclic) bond motifs is 3. The van der Waals surface area contributed by atoms with Crippen LogP contribution < -0.4 is 15.6 Å². The largest absolute Gasteiger partial charge is 0.524 e. The Morgan fingerprint density at radius 1 is 1.09 bits per heavy atom. The number of benzene rings is 2. The molecule has 0 unspecified atom stereocenters. The first-order valence-electron chi connectivity index (χ1n) is 14.5. The quantitative estimate of drug-likeness (QED) is 0.0780. The van der Waals surface area contributed by atoms with Crippen LogP contribution in [-0.4, -0.2) is 50.0 Å². The number of imidazole rings is 1. The summed E-state index contributed by atoms with van der Waals surface area (Å²) in [5.74, 6) is 1.26. The number of nitrogens with zero attached hydrogens (tertiary/aromatic N) is 3. The average molecular weight is 610 g/mol. The van der Waals surface area contributed by atoms with Crippen LogP contribution in [0, 0.1) is 6.92 Å². The molecule has 0 fully saturated rings. The van der Waals surface area contributed by atoms with Crippen molar-refractivity contribution < 1.29 is 28.4 Å². The molecule has 2 heterocycles. The van der Waals surface area contributed by atoms with Crippen molar-refractivity contribution in [2.24, 2.45) is 0 Å². The summed E-state index contributed by atoms with van der Waals surface area (Å²) < 4.78 is 24.0. The first kappa shape index (κ1) is 32.2. The van der Waals surface area contributed by atoms with Crippen molar-refractivity contribution in [3.63, 3.8) is 0 Å². The van der Waals surface area contributed by atoms with Crippen molar-refractivity contribution in [2.75, 3.05) is 25.5 Å². The van der Waals surface area contributed by atoms with Gasteiger partial charge in [-0.3, -0.25) is 14.6 Å². The fourth-order valence-corrected chi connectivity index (χ4v) is 5.48. The molecule has 5 N–H and O–H groups in total. The van der Waals surface area contributed by atoms with Gasteiger partial charge in [-0.1, -0.05) is 44.2 Å². The van der Waals surface area contributed by atoms with Crippen molar-refractivity contribution in [1.29, 1.82) is 0 Å². The van der Waals surface area contributed by atoms with Crippen LogP contribution in [0.1, 0.15) is 55.1 Å². The third-order valence-electron chi connectivity index (χ3n) is 7.10. The van der Waals surface area contributed by atoms with Gasteiger partial charge in [0.05, 0.1) is 11.0 Å². The third-order valence-corrected chi connectivity index (χ3v) is 7.54. The summed E-state index contributed by atoms with van der Waals surface area (Å²) in [6.07, 6.45) is 6.44. The fraction of sp³-hybridized carbons (Fsp3) is 0.387. The molecule has 43 heavy (non-hydrogen) atoms. The summed E-state index contributed by atoms with van der Waals surface area (Å²) in [5.41, 5.74) is 11.5. The topological polar surface area (TPSA) is 162 Å². The number of anilines is 1. The summed E-state index contributed by atoms with van der Waals surface area (Å²) >= 11 is 0. The molecule has 2 aromatic carbocycles. The molecule has 0 aliphatic carbocycles. The molecule has 4 aromatic rings. The van der Waals surface area contributed by atoms with Crippen LogP contribution in [0.5, 0.6) is 5.75 Å². The lowest BCUT2D eigenvalue weighted by Crippen LogP contribution is -2.22. The Morgan fingerprint density at radius 3 is 2.58 bits per heavy atom. The summed E-state index contributed by atoms with van der Waals surface area (Å²) in [4.78, 5) is 39.2. The van der Waals surface area contributed by atoms with Gasteiger partial charge in [-0.25, -0.2) is 14.5 Å². The lowest BCUT2D eigenvalue weighted by molar-refractivity contribution is -0.116. The number of aryl methyl sites for hydroxylation is 3. The molecule has 0 atom stereocenters. The number of nitrogen functional groups attached to an aromatic ring is 1. The molecule has 0 saturated heterocycles. The number of nitrogens with one attached hydrogen (secondary N) is 1. The smallest absolute Gasteiger partial charge is 0.404 e. The number of nitrogens with two attached hydrogens (primary N) is 1. The zero-order valence-corrected chi connectivity index (χ0v) is 25.6. The van der Waals surface area contributed by atoms with Gasteiger partial charge < -0.3 is 24.9 Å². The molecule has 1 amide bonds. The monoisotopic (exact) mass is 609 g/mol. The predicted octanol–water partition coefficient (Wildman–Crippen LogP) is 4.98. The number of rotatable bonds is 16. The first-order valence-corrected chi connectivity index (χ1v) is 16.0. The van der Waals surface area contributed by atoms with E-state index in [0.717, 1.165) is 71.9 Å². The van der Waals surface area contributed by atoms with Crippen molar-refractivity contribution in [3.8, 4) is 5.75 Å². The van der Waals surface area contributed by atoms with E-state index in [4.69, 9.17) is 25.0 Å². The van der Waals surface area contributed by atoms with E-state index in [-0.39, 0.29) is 11.7 Å². The number of ether oxygens (including phenoxy) is 1. The van der Waals surface area contributed by atoms with Gasteiger partial charge in [-0.15, -0.1) is 0 Å². The van der Waals surface area contributed by atoms with Gasteiger partial charge in [0.15, 0.2) is 5.82 Å². The second-order valence-electron chi connectivity index (χ2n) is 10.5. The highest BCUT2D eigenvalue weighted by Gasteiger charge is 2.20. The number of phosphoric ester groups is 1. The highest BCUT2D eigenvalue weighted by molar-refractivity contribution is 7.46. The van der Waals surface area contributed by atoms with Gasteiger partial charge >= 0.3 is 7.82 Å². The highest BCUT2D eigenvalue weighted by atomic mass is 31.2. The van der Waals surface area contributed by atoms with E-state index in [9.17, 15) is 19.1 Å². The molecule has 2 aromatic heterocycles. The number of hydrogen-bond acceptors (Lipinski definition) is 7. The molecule has 11 nitrogen and oxygen atoms in total. The van der Waals surface area contributed by atoms with Crippen LogP contribution in [-0.2, 0) is 33.5 Å². The van der Waals surface area contributed by atoms with Gasteiger partial charge in [-0.05, 0) is 67.5 Å². The molecule has 4 rings (SSSR count). The Bertz CT molecular complexity index is 1650. The van der Waals surface area contributed by atoms with E-state index in [1.165, 1.54) is 6.08 Å². The van der Waals surface area contributed by atoms with Crippen LogP contribution in [0.4, 0.5) is 5.82 Å². The maximum absolute atomic E-state index is 11.3. The lowest BCUT2D eigenvalue weighted by atomic mass is 10.1. The number of unbranched alkanes of at least 4 members (excludes halogenated alkanes) is 1. The number of phosphoric acid groups is 1. The molecule has 0 radical (unpaired) electrons. The standard InChI is InChI=1S/C31H40N5O6P/c1-4-6-10-27-35-29-30(36(27)20-23-12-14-26(21(3)18-23)42-43(38,39)40)24-13-11-22(19-25(24)34-31(29)32)9-7-16-41-17-8-15-33-28(37)5-2/h5,11-14,18-19H,2,4,6-10,15-17,20H2,1,3H3,(H2,32,34)(H,33,37)(H2,38,39,40). The minimum absolute atomic E-state index is 0.146. The lowest BCUT2D eigenvalue weighted by Gasteiger charge is -2.14. The van der Waals surface area contributed by atoms with E-state index < -0.39 is 7.82 Å². The SMILES string of the molecule is C=CC(=O)NCCCOCCCc1ccc2c(c1)nc(N)c1nc(CCCC)n(Cc3ccc(OP(=O)(O)O)c(C)c3)c12. The van der Waals surface area contributed by atoms with Crippen LogP contribution in [0.15, 0.2) is 49.1 Å². The van der Waals surface area contributed by atoms with E-state index in [1.807, 2.05) is 6.07 Å². The minimum Gasteiger partial charge on any atom is -0.404 e. The van der Waals surface area contributed by atoms with Crippen LogP contribution in [0.25, 0.3) is 21.9 Å². The van der Waals surface area contributed by atoms with Gasteiger partial charge in [-0.2, -0.15) is 0 Å². The Kier molecular flexibility index (Phi) is 10.9. The summed E-state index contributed by atoms with van der Waals surface area (Å²) in [5, 5.41) is 3.69. The van der Waals surface area contributed by atoms with E-state index in [2.05, 4.69) is 41.6 Å². The molecule has 230 valence electrons. The van der Waals surface area contributed by atoms with Gasteiger partial charge in [0.25, 0.3) is 0 Å². The zero-order chi connectivity index (χ0) is 31.0. The number of aromatic nitrogens is 3. The normalized spacial score (nSPS) is 11.7. The number of carbonyl (C=O) groups excluding carboxylic acids is 1. The van der Waals surface area contributed by atoms with Crippen LogP contribution in [0.2, 0.25) is 0 Å². The van der Waals surface area contributed by atoms with Crippen molar-refractivity contribution in [3.05, 3.63) is 71.6 Å². The van der Waals surface area contributed by atoms with Crippen LogP contribution in [0.3, 0.4) is 0 Å². The Balaban J connectivity index is 1.55. The molecular formula is C31H40N5O6P. The number of hydrogen-bond donors (Lipinski definition) is 4. The number of pyridine rings is 1. The molecular weight excluding hydrogens is 569 g/mol. The maximum atomic E-state index is 11.3. The van der Waals surface area contributed by atoms with Crippen molar-refractivity contribution >= 4 is 41.5 Å². The zero-order valence-electron chi connectivity index (χ0n) is 24.7.